The lowest BCUT2D eigenvalue weighted by Crippen LogP contribution is -2.18. The van der Waals surface area contributed by atoms with Crippen LogP contribution < -0.4 is 5.32 Å². The molecule has 0 fully saturated rings. The molecule has 0 radical (unpaired) electrons. The van der Waals surface area contributed by atoms with E-state index in [2.05, 4.69) is 5.32 Å². The Labute approximate surface area is 116 Å². The molecule has 0 unspecified atom stereocenters. The topological polar surface area (TPSA) is 35.8 Å². The van der Waals surface area contributed by atoms with Crippen LogP contribution in [0.5, 0.6) is 0 Å². The molecule has 0 aromatic heterocycles. The SMILES string of the molecule is C[C@H](NCc1cc(C#N)ccc1F)c1ccc(F)cc1. The molecule has 4 heteroatoms. The normalized spacial score (nSPS) is 11.9. The van der Waals surface area contributed by atoms with Gasteiger partial charge >= 0.3 is 0 Å². The summed E-state index contributed by atoms with van der Waals surface area (Å²) in [4.78, 5) is 0. The number of halogens is 2. The number of nitriles is 1. The van der Waals surface area contributed by atoms with Crippen molar-refractivity contribution in [2.24, 2.45) is 0 Å². The molecule has 0 spiro atoms. The van der Waals surface area contributed by atoms with E-state index in [1.165, 1.54) is 30.3 Å². The maximum Gasteiger partial charge on any atom is 0.127 e. The maximum atomic E-state index is 13.6. The Hall–Kier alpha value is -2.25. The Morgan fingerprint density at radius 2 is 1.85 bits per heavy atom. The molecule has 0 bridgehead atoms. The van der Waals surface area contributed by atoms with Gasteiger partial charge in [-0.15, -0.1) is 0 Å². The summed E-state index contributed by atoms with van der Waals surface area (Å²) in [6.07, 6.45) is 0. The molecule has 0 aliphatic rings. The van der Waals surface area contributed by atoms with Crippen molar-refractivity contribution in [3.8, 4) is 6.07 Å². The van der Waals surface area contributed by atoms with Crippen molar-refractivity contribution in [1.82, 2.24) is 5.32 Å². The molecular weight excluding hydrogens is 258 g/mol. The largest absolute Gasteiger partial charge is 0.306 e. The molecule has 2 aromatic carbocycles. The molecule has 0 aliphatic carbocycles. The Kier molecular flexibility index (Phi) is 4.44. The van der Waals surface area contributed by atoms with Gasteiger partial charge in [-0.05, 0) is 42.8 Å². The van der Waals surface area contributed by atoms with Gasteiger partial charge in [0.2, 0.25) is 0 Å². The molecule has 2 aromatic rings. The van der Waals surface area contributed by atoms with Crippen molar-refractivity contribution >= 4 is 0 Å². The number of benzene rings is 2. The number of hydrogen-bond donors (Lipinski definition) is 1. The first-order valence-corrected chi connectivity index (χ1v) is 6.27. The first-order valence-electron chi connectivity index (χ1n) is 6.27. The maximum absolute atomic E-state index is 13.6. The Bertz CT molecular complexity index is 630. The minimum Gasteiger partial charge on any atom is -0.306 e. The van der Waals surface area contributed by atoms with E-state index < -0.39 is 0 Å². The van der Waals surface area contributed by atoms with Crippen LogP contribution in [-0.4, -0.2) is 0 Å². The van der Waals surface area contributed by atoms with E-state index in [0.29, 0.717) is 17.7 Å². The fourth-order valence-electron chi connectivity index (χ4n) is 1.91. The summed E-state index contributed by atoms with van der Waals surface area (Å²) in [5.41, 5.74) is 1.79. The second-order valence-corrected chi connectivity index (χ2v) is 4.57. The van der Waals surface area contributed by atoms with E-state index in [0.717, 1.165) is 5.56 Å². The van der Waals surface area contributed by atoms with Gasteiger partial charge in [-0.3, -0.25) is 0 Å². The van der Waals surface area contributed by atoms with Gasteiger partial charge < -0.3 is 5.32 Å². The van der Waals surface area contributed by atoms with Crippen molar-refractivity contribution in [3.05, 3.63) is 70.8 Å². The number of nitrogens with zero attached hydrogens (tertiary/aromatic N) is 1. The minimum absolute atomic E-state index is 0.0410. The highest BCUT2D eigenvalue weighted by molar-refractivity contribution is 5.33. The zero-order valence-corrected chi connectivity index (χ0v) is 11.0. The molecule has 20 heavy (non-hydrogen) atoms. The van der Waals surface area contributed by atoms with Crippen molar-refractivity contribution in [2.45, 2.75) is 19.5 Å². The highest BCUT2D eigenvalue weighted by atomic mass is 19.1. The van der Waals surface area contributed by atoms with Gasteiger partial charge in [0.05, 0.1) is 11.6 Å². The highest BCUT2D eigenvalue weighted by Gasteiger charge is 2.08. The average molecular weight is 272 g/mol. The molecule has 0 amide bonds. The van der Waals surface area contributed by atoms with Crippen LogP contribution in [0, 0.1) is 23.0 Å². The smallest absolute Gasteiger partial charge is 0.127 e. The van der Waals surface area contributed by atoms with Crippen molar-refractivity contribution in [3.63, 3.8) is 0 Å². The molecular formula is C16H14F2N2. The fourth-order valence-corrected chi connectivity index (χ4v) is 1.91. The minimum atomic E-state index is -0.345. The van der Waals surface area contributed by atoms with Gasteiger partial charge in [0.1, 0.15) is 11.6 Å². The second kappa shape index (κ2) is 6.27. The Balaban J connectivity index is 2.05. The quantitative estimate of drug-likeness (QED) is 0.921. The first kappa shape index (κ1) is 14.2. The van der Waals surface area contributed by atoms with Crippen molar-refractivity contribution in [2.75, 3.05) is 0 Å². The van der Waals surface area contributed by atoms with Crippen LogP contribution in [0.4, 0.5) is 8.78 Å². The third-order valence-corrected chi connectivity index (χ3v) is 3.14. The van der Waals surface area contributed by atoms with Gasteiger partial charge in [0.15, 0.2) is 0 Å². The molecule has 1 N–H and O–H groups in total. The predicted octanol–water partition coefficient (Wildman–Crippen LogP) is 3.69. The molecule has 102 valence electrons. The summed E-state index contributed by atoms with van der Waals surface area (Å²) in [5.74, 6) is -0.628. The van der Waals surface area contributed by atoms with Crippen LogP contribution in [0.2, 0.25) is 0 Å². The second-order valence-electron chi connectivity index (χ2n) is 4.57. The van der Waals surface area contributed by atoms with E-state index in [1.54, 1.807) is 12.1 Å². The molecule has 0 aliphatic heterocycles. The third-order valence-electron chi connectivity index (χ3n) is 3.14. The lowest BCUT2D eigenvalue weighted by molar-refractivity contribution is 0.543. The molecule has 0 saturated heterocycles. The van der Waals surface area contributed by atoms with Crippen LogP contribution in [-0.2, 0) is 6.54 Å². The van der Waals surface area contributed by atoms with E-state index in [1.807, 2.05) is 13.0 Å². The lowest BCUT2D eigenvalue weighted by Gasteiger charge is -2.14. The van der Waals surface area contributed by atoms with Crippen molar-refractivity contribution in [1.29, 1.82) is 5.26 Å². The third kappa shape index (κ3) is 3.40. The van der Waals surface area contributed by atoms with E-state index in [4.69, 9.17) is 5.26 Å². The molecule has 1 atom stereocenters. The molecule has 2 rings (SSSR count). The Morgan fingerprint density at radius 1 is 1.15 bits per heavy atom. The van der Waals surface area contributed by atoms with Crippen LogP contribution in [0.3, 0.4) is 0 Å². The van der Waals surface area contributed by atoms with E-state index in [-0.39, 0.29) is 17.7 Å². The van der Waals surface area contributed by atoms with Crippen LogP contribution in [0.15, 0.2) is 42.5 Å². The van der Waals surface area contributed by atoms with Gasteiger partial charge in [-0.25, -0.2) is 8.78 Å². The molecule has 0 heterocycles. The predicted molar refractivity (Wildman–Crippen MR) is 72.8 cm³/mol. The van der Waals surface area contributed by atoms with Crippen LogP contribution in [0.25, 0.3) is 0 Å². The van der Waals surface area contributed by atoms with Gasteiger partial charge in [-0.1, -0.05) is 12.1 Å². The van der Waals surface area contributed by atoms with Crippen LogP contribution >= 0.6 is 0 Å². The summed E-state index contributed by atoms with van der Waals surface area (Å²) in [6.45, 7) is 2.22. The molecule has 0 saturated carbocycles. The summed E-state index contributed by atoms with van der Waals surface area (Å²) in [7, 11) is 0. The average Bonchev–Trinajstić information content (AvgIpc) is 2.47. The van der Waals surface area contributed by atoms with E-state index in [9.17, 15) is 8.78 Å². The van der Waals surface area contributed by atoms with Gasteiger partial charge in [-0.2, -0.15) is 5.26 Å². The summed E-state index contributed by atoms with van der Waals surface area (Å²) in [6, 6.07) is 12.4. The van der Waals surface area contributed by atoms with Gasteiger partial charge in [0, 0.05) is 18.2 Å². The number of hydrogen-bond acceptors (Lipinski definition) is 2. The van der Waals surface area contributed by atoms with E-state index >= 15 is 0 Å². The summed E-state index contributed by atoms with van der Waals surface area (Å²) < 4.78 is 26.4. The zero-order valence-electron chi connectivity index (χ0n) is 11.0. The lowest BCUT2D eigenvalue weighted by atomic mass is 10.1. The first-order chi connectivity index (χ1) is 9.60. The van der Waals surface area contributed by atoms with Crippen molar-refractivity contribution < 1.29 is 8.78 Å². The van der Waals surface area contributed by atoms with Crippen LogP contribution in [0.1, 0.15) is 29.7 Å². The Morgan fingerprint density at radius 3 is 2.50 bits per heavy atom. The van der Waals surface area contributed by atoms with Gasteiger partial charge in [0.25, 0.3) is 0 Å². The number of rotatable bonds is 4. The standard InChI is InChI=1S/C16H14F2N2/c1-11(13-3-5-15(17)6-4-13)20-10-14-8-12(9-19)2-7-16(14)18/h2-8,11,20H,10H2,1H3/t11-/m0/s1. The fraction of sp³-hybridized carbons (Fsp3) is 0.188. The number of nitrogens with one attached hydrogen (secondary N) is 1. The monoisotopic (exact) mass is 272 g/mol. The molecule has 2 nitrogen and oxygen atoms in total. The summed E-state index contributed by atoms with van der Waals surface area (Å²) in [5, 5.41) is 12.0. The summed E-state index contributed by atoms with van der Waals surface area (Å²) >= 11 is 0. The zero-order chi connectivity index (χ0) is 14.5. The highest BCUT2D eigenvalue weighted by Crippen LogP contribution is 2.15.